The molecule has 3 aromatic carbocycles. The number of aliphatic carboxylic acids is 1. The van der Waals surface area contributed by atoms with Crippen LogP contribution in [0.1, 0.15) is 84.6 Å². The summed E-state index contributed by atoms with van der Waals surface area (Å²) in [6, 6.07) is 14.8. The maximum Gasteiger partial charge on any atom is 0.303 e. The molecule has 5 rings (SSSR count). The van der Waals surface area contributed by atoms with Crippen molar-refractivity contribution in [3.8, 4) is 0 Å². The minimum Gasteiger partial charge on any atom is -0.481 e. The number of aromatic amines is 1. The molecule has 0 radical (unpaired) electrons. The van der Waals surface area contributed by atoms with Gasteiger partial charge in [-0.3, -0.25) is 14.6 Å². The number of rotatable bonds is 4. The van der Waals surface area contributed by atoms with Gasteiger partial charge in [-0.25, -0.2) is 13.8 Å². The topological polar surface area (TPSA) is 121 Å². The Kier molecular flexibility index (Phi) is 10.5. The van der Waals surface area contributed by atoms with Gasteiger partial charge in [-0.1, -0.05) is 44.5 Å². The van der Waals surface area contributed by atoms with E-state index in [2.05, 4.69) is 23.8 Å². The number of H-pyrrole nitrogens is 1. The third-order valence-electron chi connectivity index (χ3n) is 9.33. The van der Waals surface area contributed by atoms with Crippen LogP contribution in [0.2, 0.25) is 0 Å². The van der Waals surface area contributed by atoms with Crippen molar-refractivity contribution in [3.63, 3.8) is 0 Å². The summed E-state index contributed by atoms with van der Waals surface area (Å²) in [4.78, 5) is 37.4. The van der Waals surface area contributed by atoms with Crippen LogP contribution in [0.15, 0.2) is 70.8 Å². The smallest absolute Gasteiger partial charge is 0.303 e. The van der Waals surface area contributed by atoms with E-state index in [9.17, 15) is 14.7 Å². The molecule has 0 saturated heterocycles. The van der Waals surface area contributed by atoms with Crippen LogP contribution in [-0.2, 0) is 23.1 Å². The Labute approximate surface area is 284 Å². The normalized spacial score (nSPS) is 20.2. The van der Waals surface area contributed by atoms with Gasteiger partial charge in [0, 0.05) is 41.5 Å². The second kappa shape index (κ2) is 14.4. The van der Waals surface area contributed by atoms with Crippen molar-refractivity contribution in [2.75, 3.05) is 18.6 Å². The van der Waals surface area contributed by atoms with Gasteiger partial charge in [-0.15, -0.1) is 0 Å². The number of ketones is 1. The average Bonchev–Trinajstić information content (AvgIpc) is 3.52. The summed E-state index contributed by atoms with van der Waals surface area (Å²) in [5.41, 5.74) is 9.06. The summed E-state index contributed by atoms with van der Waals surface area (Å²) >= 11 is 1.77. The van der Waals surface area contributed by atoms with Crippen LogP contribution < -0.4 is 5.73 Å². The van der Waals surface area contributed by atoms with Gasteiger partial charge in [0.1, 0.15) is 17.5 Å². The fourth-order valence-electron chi connectivity index (χ4n) is 6.46. The lowest BCUT2D eigenvalue weighted by Gasteiger charge is -2.32. The first-order chi connectivity index (χ1) is 22.8. The Bertz CT molecular complexity index is 1920. The zero-order chi connectivity index (χ0) is 34.6. The fourth-order valence-corrected chi connectivity index (χ4v) is 7.64. The molecule has 1 aliphatic heterocycles. The predicted octanol–water partition coefficient (Wildman–Crippen LogP) is 7.87. The van der Waals surface area contributed by atoms with E-state index in [1.165, 1.54) is 31.3 Å². The standard InChI is InChI=1S/C38H42F2N4O3S/c1-37(2)15-6-16-38(3,25-8-5-7-23(19-25)9-12-32(45)46)36(41)44-35(42-4)28-20-24(10-11-29(28)39)34(47)33-27(14-18-48-22-37)26-13-17-43-31(26)21-30(33)40/h5,7-8,10-11,13,17,19-21,43H,6,9,12,14-16,18,22H2,1-4H3,(H,45,46)(H2,41,42,44). The Hall–Kier alpha value is -4.31. The van der Waals surface area contributed by atoms with E-state index in [0.717, 1.165) is 35.1 Å². The second-order valence-corrected chi connectivity index (χ2v) is 14.6. The zero-order valence-electron chi connectivity index (χ0n) is 27.8. The minimum atomic E-state index is -0.875. The van der Waals surface area contributed by atoms with Crippen molar-refractivity contribution < 1.29 is 23.5 Å². The third-order valence-corrected chi connectivity index (χ3v) is 10.8. The van der Waals surface area contributed by atoms with Gasteiger partial charge in [0.15, 0.2) is 11.6 Å². The molecule has 48 heavy (non-hydrogen) atoms. The second-order valence-electron chi connectivity index (χ2n) is 13.5. The predicted molar refractivity (Wildman–Crippen MR) is 191 cm³/mol. The number of carbonyl (C=O) groups is 2. The monoisotopic (exact) mass is 672 g/mol. The zero-order valence-corrected chi connectivity index (χ0v) is 28.6. The number of carboxylic acids is 1. The highest BCUT2D eigenvalue weighted by Crippen LogP contribution is 2.36. The number of carboxylic acid groups (broad SMARTS) is 1. The van der Waals surface area contributed by atoms with E-state index in [-0.39, 0.29) is 40.2 Å². The number of amidine groups is 2. The maximum absolute atomic E-state index is 15.7. The van der Waals surface area contributed by atoms with E-state index in [4.69, 9.17) is 10.7 Å². The molecule has 0 aliphatic carbocycles. The minimum absolute atomic E-state index is 0.00100. The molecule has 252 valence electrons. The highest BCUT2D eigenvalue weighted by Gasteiger charge is 2.33. The summed E-state index contributed by atoms with van der Waals surface area (Å²) in [6.07, 6.45) is 4.93. The molecule has 2 bridgehead atoms. The number of halogens is 2. The van der Waals surface area contributed by atoms with Crippen LogP contribution in [0.5, 0.6) is 0 Å². The molecule has 1 aromatic heterocycles. The number of hydrogen-bond donors (Lipinski definition) is 3. The number of hydrogen-bond acceptors (Lipinski definition) is 5. The molecule has 2 heterocycles. The van der Waals surface area contributed by atoms with Crippen LogP contribution in [0, 0.1) is 17.0 Å². The van der Waals surface area contributed by atoms with Crippen molar-refractivity contribution in [1.29, 1.82) is 0 Å². The van der Waals surface area contributed by atoms with Crippen molar-refractivity contribution in [2.24, 2.45) is 21.1 Å². The van der Waals surface area contributed by atoms with Crippen molar-refractivity contribution in [1.82, 2.24) is 4.98 Å². The molecule has 4 aromatic rings. The Morgan fingerprint density at radius 2 is 1.88 bits per heavy atom. The van der Waals surface area contributed by atoms with E-state index >= 15 is 8.78 Å². The summed E-state index contributed by atoms with van der Waals surface area (Å²) in [6.45, 7) is 6.43. The van der Waals surface area contributed by atoms with Crippen LogP contribution in [0.25, 0.3) is 10.9 Å². The molecule has 1 aliphatic rings. The lowest BCUT2D eigenvalue weighted by molar-refractivity contribution is -0.136. The Balaban J connectivity index is 1.64. The van der Waals surface area contributed by atoms with E-state index < -0.39 is 28.8 Å². The molecule has 0 saturated carbocycles. The van der Waals surface area contributed by atoms with Crippen molar-refractivity contribution in [2.45, 2.75) is 64.7 Å². The Morgan fingerprint density at radius 1 is 1.08 bits per heavy atom. The summed E-state index contributed by atoms with van der Waals surface area (Å²) in [5, 5.41) is 10.0. The van der Waals surface area contributed by atoms with Crippen LogP contribution in [0.4, 0.5) is 8.78 Å². The Morgan fingerprint density at radius 3 is 2.62 bits per heavy atom. The fraction of sp³-hybridized carbons (Fsp3) is 0.368. The quantitative estimate of drug-likeness (QED) is 0.204. The summed E-state index contributed by atoms with van der Waals surface area (Å²) in [7, 11) is 1.48. The van der Waals surface area contributed by atoms with Crippen LogP contribution in [0.3, 0.4) is 0 Å². The van der Waals surface area contributed by atoms with Gasteiger partial charge >= 0.3 is 5.97 Å². The lowest BCUT2D eigenvalue weighted by Crippen LogP contribution is -2.40. The van der Waals surface area contributed by atoms with E-state index in [0.29, 0.717) is 36.1 Å². The SMILES string of the molecule is CN=C1N=C(N)C(C)(c2cccc(CCC(=O)O)c2)CCCC(C)(C)CSCCc2c(c(F)cc3[nH]ccc23)C(=O)c2ccc(F)c1c2. The lowest BCUT2D eigenvalue weighted by atomic mass is 9.75. The summed E-state index contributed by atoms with van der Waals surface area (Å²) in [5.74, 6) is -0.926. The van der Waals surface area contributed by atoms with Crippen molar-refractivity contribution >= 4 is 46.1 Å². The number of nitrogens with two attached hydrogens (primary N) is 1. The molecule has 0 spiro atoms. The highest BCUT2D eigenvalue weighted by molar-refractivity contribution is 7.99. The van der Waals surface area contributed by atoms with Gasteiger partial charge in [-0.05, 0) is 96.5 Å². The highest BCUT2D eigenvalue weighted by atomic mass is 32.2. The number of aliphatic imine (C=N–C) groups is 2. The first kappa shape index (κ1) is 35.0. The van der Waals surface area contributed by atoms with Gasteiger partial charge < -0.3 is 15.8 Å². The maximum atomic E-state index is 15.7. The van der Waals surface area contributed by atoms with Crippen LogP contribution >= 0.6 is 11.8 Å². The number of aryl methyl sites for hydroxylation is 2. The molecule has 1 unspecified atom stereocenters. The first-order valence-electron chi connectivity index (χ1n) is 16.2. The number of thioether (sulfide) groups is 1. The average molecular weight is 673 g/mol. The molecule has 1 atom stereocenters. The largest absolute Gasteiger partial charge is 0.481 e. The number of nitrogens with one attached hydrogen (secondary N) is 1. The van der Waals surface area contributed by atoms with Gasteiger partial charge in [0.05, 0.1) is 11.1 Å². The summed E-state index contributed by atoms with van der Waals surface area (Å²) < 4.78 is 31.2. The number of nitrogens with zero attached hydrogens (tertiary/aromatic N) is 2. The molecule has 4 N–H and O–H groups in total. The van der Waals surface area contributed by atoms with Gasteiger partial charge in [-0.2, -0.15) is 11.8 Å². The molecular weight excluding hydrogens is 631 g/mol. The van der Waals surface area contributed by atoms with E-state index in [1.807, 2.05) is 37.3 Å². The van der Waals surface area contributed by atoms with Gasteiger partial charge in [0.2, 0.25) is 0 Å². The first-order valence-corrected chi connectivity index (χ1v) is 17.3. The van der Waals surface area contributed by atoms with Gasteiger partial charge in [0.25, 0.3) is 0 Å². The van der Waals surface area contributed by atoms with E-state index in [1.54, 1.807) is 18.0 Å². The third kappa shape index (κ3) is 7.54. The number of carbonyl (C=O) groups excluding carboxylic acids is 1. The van der Waals surface area contributed by atoms with Crippen molar-refractivity contribution in [3.05, 3.63) is 106 Å². The molecule has 7 nitrogen and oxygen atoms in total. The molecule has 0 amide bonds. The number of fused-ring (bicyclic) bond motifs is 5. The number of aromatic nitrogens is 1. The molecular formula is C38H42F2N4O3S. The molecule has 0 fully saturated rings. The van der Waals surface area contributed by atoms with Crippen LogP contribution in [-0.4, -0.2) is 52.1 Å². The molecule has 10 heteroatoms. The number of benzene rings is 3.